The van der Waals surface area contributed by atoms with E-state index in [9.17, 15) is 0 Å². The molecule has 0 aliphatic carbocycles. The van der Waals surface area contributed by atoms with Gasteiger partial charge in [0.2, 0.25) is 0 Å². The predicted octanol–water partition coefficient (Wildman–Crippen LogP) is 1.43. The molecule has 1 aromatic rings. The highest BCUT2D eigenvalue weighted by molar-refractivity contribution is 4.86. The van der Waals surface area contributed by atoms with Gasteiger partial charge in [0.1, 0.15) is 12.2 Å². The largest absolute Gasteiger partial charge is 0.308 e. The molecule has 0 aromatic carbocycles. The minimum absolute atomic E-state index is 0.377. The molecular formula is C13H25N5. The molecule has 1 unspecified atom stereocenters. The summed E-state index contributed by atoms with van der Waals surface area (Å²) in [7, 11) is 2.22. The fraction of sp³-hybridized carbons (Fsp3) is 0.846. The van der Waals surface area contributed by atoms with Crippen molar-refractivity contribution < 1.29 is 0 Å². The number of hydrogen-bond acceptors (Lipinski definition) is 4. The van der Waals surface area contributed by atoms with E-state index < -0.39 is 0 Å². The zero-order valence-corrected chi connectivity index (χ0v) is 11.8. The predicted molar refractivity (Wildman–Crippen MR) is 72.4 cm³/mol. The Labute approximate surface area is 110 Å². The van der Waals surface area contributed by atoms with Crippen molar-refractivity contribution in [2.45, 2.75) is 51.7 Å². The molecule has 1 aromatic heterocycles. The third-order valence-corrected chi connectivity index (χ3v) is 3.72. The third kappa shape index (κ3) is 3.29. The molecule has 5 heteroatoms. The zero-order valence-electron chi connectivity index (χ0n) is 11.8. The van der Waals surface area contributed by atoms with Crippen LogP contribution in [0.25, 0.3) is 0 Å². The van der Waals surface area contributed by atoms with E-state index in [0.29, 0.717) is 12.1 Å². The van der Waals surface area contributed by atoms with Gasteiger partial charge in [0.05, 0.1) is 6.54 Å². The van der Waals surface area contributed by atoms with Crippen LogP contribution in [0.4, 0.5) is 0 Å². The van der Waals surface area contributed by atoms with Crippen molar-refractivity contribution in [3.05, 3.63) is 12.2 Å². The summed E-state index contributed by atoms with van der Waals surface area (Å²) in [6.07, 6.45) is 5.65. The second-order valence-corrected chi connectivity index (χ2v) is 5.48. The molecule has 0 spiro atoms. The van der Waals surface area contributed by atoms with Crippen LogP contribution in [0.2, 0.25) is 0 Å². The Morgan fingerprint density at radius 2 is 2.28 bits per heavy atom. The van der Waals surface area contributed by atoms with E-state index in [1.807, 2.05) is 4.68 Å². The van der Waals surface area contributed by atoms with Crippen molar-refractivity contribution in [2.24, 2.45) is 0 Å². The highest BCUT2D eigenvalue weighted by Crippen LogP contribution is 2.14. The van der Waals surface area contributed by atoms with Gasteiger partial charge < -0.3 is 10.2 Å². The molecule has 0 amide bonds. The van der Waals surface area contributed by atoms with Gasteiger partial charge in [-0.25, -0.2) is 9.67 Å². The number of likely N-dealkylation sites (tertiary alicyclic amines) is 1. The summed E-state index contributed by atoms with van der Waals surface area (Å²) in [5.41, 5.74) is 0. The summed E-state index contributed by atoms with van der Waals surface area (Å²) in [5, 5.41) is 7.77. The second kappa shape index (κ2) is 6.29. The molecule has 1 fully saturated rings. The average Bonchev–Trinajstić information content (AvgIpc) is 2.80. The monoisotopic (exact) mass is 251 g/mol. The molecule has 0 bridgehead atoms. The summed E-state index contributed by atoms with van der Waals surface area (Å²) in [6, 6.07) is 1.05. The first-order chi connectivity index (χ1) is 8.68. The van der Waals surface area contributed by atoms with Crippen molar-refractivity contribution in [1.29, 1.82) is 0 Å². The van der Waals surface area contributed by atoms with Gasteiger partial charge in [-0.2, -0.15) is 5.10 Å². The summed E-state index contributed by atoms with van der Waals surface area (Å²) >= 11 is 0. The first-order valence-corrected chi connectivity index (χ1v) is 6.98. The number of likely N-dealkylation sites (N-methyl/N-ethyl adjacent to an activating group) is 1. The number of aromatic nitrogens is 3. The third-order valence-electron chi connectivity index (χ3n) is 3.72. The maximum Gasteiger partial charge on any atom is 0.141 e. The molecule has 1 atom stereocenters. The van der Waals surface area contributed by atoms with E-state index in [0.717, 1.165) is 18.9 Å². The fourth-order valence-corrected chi connectivity index (χ4v) is 2.58. The van der Waals surface area contributed by atoms with Crippen LogP contribution in [0.1, 0.15) is 45.0 Å². The lowest BCUT2D eigenvalue weighted by molar-refractivity contribution is 0.181. The summed E-state index contributed by atoms with van der Waals surface area (Å²) < 4.78 is 1.98. The van der Waals surface area contributed by atoms with Gasteiger partial charge in [-0.15, -0.1) is 0 Å². The van der Waals surface area contributed by atoms with E-state index in [2.05, 4.69) is 41.2 Å². The number of nitrogens with one attached hydrogen (secondary N) is 1. The molecule has 1 aliphatic rings. The number of rotatable bonds is 5. The van der Waals surface area contributed by atoms with Gasteiger partial charge in [0, 0.05) is 18.6 Å². The quantitative estimate of drug-likeness (QED) is 0.860. The average molecular weight is 251 g/mol. The van der Waals surface area contributed by atoms with Gasteiger partial charge in [0.25, 0.3) is 0 Å². The van der Waals surface area contributed by atoms with Crippen molar-refractivity contribution in [2.75, 3.05) is 20.1 Å². The van der Waals surface area contributed by atoms with Crippen LogP contribution in [0.5, 0.6) is 0 Å². The normalized spacial score (nSPS) is 21.7. The Balaban J connectivity index is 1.79. The Morgan fingerprint density at radius 1 is 1.44 bits per heavy atom. The van der Waals surface area contributed by atoms with E-state index in [1.165, 1.54) is 25.8 Å². The van der Waals surface area contributed by atoms with Gasteiger partial charge in [0.15, 0.2) is 0 Å². The standard InChI is InChI=1S/C13H25N5/c1-11(2)18-13(15-10-16-18)9-14-8-12-6-4-5-7-17(12)3/h10-12,14H,4-9H2,1-3H3. The van der Waals surface area contributed by atoms with Crippen LogP contribution >= 0.6 is 0 Å². The first kappa shape index (κ1) is 13.5. The zero-order chi connectivity index (χ0) is 13.0. The first-order valence-electron chi connectivity index (χ1n) is 6.98. The Bertz CT molecular complexity index is 360. The van der Waals surface area contributed by atoms with Crippen molar-refractivity contribution in [1.82, 2.24) is 25.0 Å². The van der Waals surface area contributed by atoms with Crippen LogP contribution in [0.15, 0.2) is 6.33 Å². The van der Waals surface area contributed by atoms with Crippen molar-refractivity contribution >= 4 is 0 Å². The molecule has 1 saturated heterocycles. The van der Waals surface area contributed by atoms with Gasteiger partial charge in [-0.1, -0.05) is 6.42 Å². The van der Waals surface area contributed by atoms with Crippen LogP contribution < -0.4 is 5.32 Å². The number of piperidine rings is 1. The molecule has 102 valence electrons. The number of nitrogens with zero attached hydrogens (tertiary/aromatic N) is 4. The highest BCUT2D eigenvalue weighted by Gasteiger charge is 2.18. The molecule has 5 nitrogen and oxygen atoms in total. The Morgan fingerprint density at radius 3 is 3.00 bits per heavy atom. The van der Waals surface area contributed by atoms with E-state index >= 15 is 0 Å². The van der Waals surface area contributed by atoms with Crippen LogP contribution in [-0.2, 0) is 6.54 Å². The van der Waals surface area contributed by atoms with Gasteiger partial charge in [-0.05, 0) is 40.3 Å². The Hall–Kier alpha value is -0.940. The second-order valence-electron chi connectivity index (χ2n) is 5.48. The highest BCUT2D eigenvalue weighted by atomic mass is 15.4. The summed E-state index contributed by atoms with van der Waals surface area (Å²) in [6.45, 7) is 7.35. The fourth-order valence-electron chi connectivity index (χ4n) is 2.58. The lowest BCUT2D eigenvalue weighted by atomic mass is 10.0. The summed E-state index contributed by atoms with van der Waals surface area (Å²) in [4.78, 5) is 6.78. The lowest BCUT2D eigenvalue weighted by Gasteiger charge is -2.32. The van der Waals surface area contributed by atoms with E-state index in [4.69, 9.17) is 0 Å². The maximum atomic E-state index is 4.31. The van der Waals surface area contributed by atoms with Crippen molar-refractivity contribution in [3.8, 4) is 0 Å². The molecule has 1 N–H and O–H groups in total. The molecule has 18 heavy (non-hydrogen) atoms. The lowest BCUT2D eigenvalue weighted by Crippen LogP contribution is -2.43. The summed E-state index contributed by atoms with van der Waals surface area (Å²) in [5.74, 6) is 1.03. The molecule has 2 rings (SSSR count). The van der Waals surface area contributed by atoms with E-state index in [-0.39, 0.29) is 0 Å². The minimum Gasteiger partial charge on any atom is -0.308 e. The smallest absolute Gasteiger partial charge is 0.141 e. The van der Waals surface area contributed by atoms with Gasteiger partial charge >= 0.3 is 0 Å². The Kier molecular flexibility index (Phi) is 4.72. The SMILES string of the molecule is CC(C)n1ncnc1CNCC1CCCCN1C. The molecule has 1 aliphatic heterocycles. The molecule has 2 heterocycles. The molecule has 0 saturated carbocycles. The van der Waals surface area contributed by atoms with Crippen LogP contribution in [0, 0.1) is 0 Å². The van der Waals surface area contributed by atoms with Crippen LogP contribution in [0.3, 0.4) is 0 Å². The molecular weight excluding hydrogens is 226 g/mol. The van der Waals surface area contributed by atoms with Gasteiger partial charge in [-0.3, -0.25) is 0 Å². The topological polar surface area (TPSA) is 46.0 Å². The van der Waals surface area contributed by atoms with Crippen LogP contribution in [-0.4, -0.2) is 45.8 Å². The van der Waals surface area contributed by atoms with Crippen molar-refractivity contribution in [3.63, 3.8) is 0 Å². The minimum atomic E-state index is 0.377. The molecule has 0 radical (unpaired) electrons. The maximum absolute atomic E-state index is 4.31. The number of hydrogen-bond donors (Lipinski definition) is 1. The van der Waals surface area contributed by atoms with E-state index in [1.54, 1.807) is 6.33 Å².